The number of rotatable bonds is 4. The van der Waals surface area contributed by atoms with E-state index in [-0.39, 0.29) is 0 Å². The Bertz CT molecular complexity index is 566. The summed E-state index contributed by atoms with van der Waals surface area (Å²) in [5, 5.41) is 8.74. The van der Waals surface area contributed by atoms with Crippen LogP contribution in [-0.2, 0) is 0 Å². The van der Waals surface area contributed by atoms with Crippen molar-refractivity contribution in [1.82, 2.24) is 14.6 Å². The molecule has 2 aromatic heterocycles. The zero-order valence-corrected chi connectivity index (χ0v) is 12.3. The van der Waals surface area contributed by atoms with E-state index in [9.17, 15) is 0 Å². The molecule has 5 heteroatoms. The summed E-state index contributed by atoms with van der Waals surface area (Å²) in [5.74, 6) is 1.94. The van der Waals surface area contributed by atoms with E-state index in [0.29, 0.717) is 11.3 Å². The Labute approximate surface area is 118 Å². The molecule has 0 bridgehead atoms. The first-order valence-electron chi connectivity index (χ1n) is 6.97. The van der Waals surface area contributed by atoms with Crippen LogP contribution in [0, 0.1) is 6.92 Å². The summed E-state index contributed by atoms with van der Waals surface area (Å²) >= 11 is 2.05. The minimum atomic E-state index is 0.517. The van der Waals surface area contributed by atoms with Crippen LogP contribution in [0.2, 0.25) is 0 Å². The van der Waals surface area contributed by atoms with Gasteiger partial charge in [-0.3, -0.25) is 0 Å². The van der Waals surface area contributed by atoms with Gasteiger partial charge in [0.15, 0.2) is 5.65 Å². The summed E-state index contributed by atoms with van der Waals surface area (Å²) in [7, 11) is 0. The topological polar surface area (TPSA) is 42.2 Å². The lowest BCUT2D eigenvalue weighted by Crippen LogP contribution is -2.26. The molecule has 1 N–H and O–H groups in total. The number of fused-ring (bicyclic) bond motifs is 1. The number of anilines is 1. The van der Waals surface area contributed by atoms with Crippen molar-refractivity contribution in [2.45, 2.75) is 44.4 Å². The van der Waals surface area contributed by atoms with Gasteiger partial charge in [-0.25, -0.2) is 4.52 Å². The number of thioether (sulfide) groups is 1. The molecule has 0 radical (unpaired) electrons. The zero-order chi connectivity index (χ0) is 13.2. The Balaban J connectivity index is 1.77. The molecule has 2 atom stereocenters. The summed E-state index contributed by atoms with van der Waals surface area (Å²) in [6.07, 6.45) is 5.86. The van der Waals surface area contributed by atoms with Crippen LogP contribution >= 0.6 is 11.8 Å². The third-order valence-electron chi connectivity index (χ3n) is 3.63. The number of nitrogens with zero attached hydrogens (tertiary/aromatic N) is 3. The van der Waals surface area contributed by atoms with Gasteiger partial charge in [0.05, 0.1) is 0 Å². The van der Waals surface area contributed by atoms with Crippen LogP contribution in [0.5, 0.6) is 0 Å². The lowest BCUT2D eigenvalue weighted by molar-refractivity contribution is 0.754. The average molecular weight is 276 g/mol. The van der Waals surface area contributed by atoms with E-state index in [1.165, 1.54) is 30.6 Å². The first-order valence-corrected chi connectivity index (χ1v) is 8.02. The van der Waals surface area contributed by atoms with Gasteiger partial charge in [0, 0.05) is 17.5 Å². The Morgan fingerprint density at radius 2 is 2.32 bits per heavy atom. The van der Waals surface area contributed by atoms with Gasteiger partial charge in [0.25, 0.3) is 0 Å². The van der Waals surface area contributed by atoms with Crippen LogP contribution in [-0.4, -0.2) is 31.6 Å². The fourth-order valence-electron chi connectivity index (χ4n) is 2.72. The normalized spacial score (nSPS) is 23.1. The van der Waals surface area contributed by atoms with Crippen molar-refractivity contribution >= 4 is 23.4 Å². The number of nitrogens with one attached hydrogen (secondary N) is 1. The van der Waals surface area contributed by atoms with Gasteiger partial charge in [-0.15, -0.1) is 5.10 Å². The third kappa shape index (κ3) is 2.71. The van der Waals surface area contributed by atoms with Gasteiger partial charge >= 0.3 is 0 Å². The first kappa shape index (κ1) is 12.8. The molecule has 2 heterocycles. The maximum absolute atomic E-state index is 4.54. The van der Waals surface area contributed by atoms with Crippen molar-refractivity contribution in [2.24, 2.45) is 0 Å². The number of pyridine rings is 1. The minimum Gasteiger partial charge on any atom is -0.349 e. The molecule has 3 rings (SSSR count). The van der Waals surface area contributed by atoms with E-state index in [0.717, 1.165) is 11.6 Å². The van der Waals surface area contributed by atoms with Crippen molar-refractivity contribution in [1.29, 1.82) is 0 Å². The third-order valence-corrected chi connectivity index (χ3v) is 4.95. The van der Waals surface area contributed by atoms with Gasteiger partial charge in [-0.05, 0) is 37.1 Å². The Morgan fingerprint density at radius 1 is 1.42 bits per heavy atom. The van der Waals surface area contributed by atoms with Crippen LogP contribution in [0.3, 0.4) is 0 Å². The second-order valence-corrected chi connectivity index (χ2v) is 6.64. The lowest BCUT2D eigenvalue weighted by atomic mass is 10.2. The molecular weight excluding hydrogens is 256 g/mol. The van der Waals surface area contributed by atoms with Crippen LogP contribution in [0.1, 0.15) is 31.7 Å². The molecular formula is C14H20N4S. The molecule has 102 valence electrons. The summed E-state index contributed by atoms with van der Waals surface area (Å²) in [6.45, 7) is 4.30. The number of aryl methyl sites for hydroxylation is 1. The number of hydrogen-bond donors (Lipinski definition) is 1. The lowest BCUT2D eigenvalue weighted by Gasteiger charge is -2.18. The van der Waals surface area contributed by atoms with Crippen LogP contribution in [0.15, 0.2) is 18.3 Å². The molecule has 0 aromatic carbocycles. The molecule has 0 amide bonds. The van der Waals surface area contributed by atoms with Gasteiger partial charge < -0.3 is 5.32 Å². The maximum atomic E-state index is 4.54. The van der Waals surface area contributed by atoms with Crippen LogP contribution in [0.25, 0.3) is 5.65 Å². The molecule has 0 saturated heterocycles. The zero-order valence-electron chi connectivity index (χ0n) is 11.5. The molecule has 4 nitrogen and oxygen atoms in total. The SMILES string of the molecule is CCSC1CCCC1Nc1nc2ccc(C)cn2n1. The summed E-state index contributed by atoms with van der Waals surface area (Å²) in [4.78, 5) is 4.54. The second-order valence-electron chi connectivity index (χ2n) is 5.12. The Morgan fingerprint density at radius 3 is 3.16 bits per heavy atom. The monoisotopic (exact) mass is 276 g/mol. The fourth-order valence-corrected chi connectivity index (χ4v) is 3.92. The molecule has 0 aliphatic heterocycles. The molecule has 1 saturated carbocycles. The van der Waals surface area contributed by atoms with Crippen molar-refractivity contribution in [2.75, 3.05) is 11.1 Å². The molecule has 1 aliphatic rings. The van der Waals surface area contributed by atoms with Crippen LogP contribution in [0.4, 0.5) is 5.95 Å². The van der Waals surface area contributed by atoms with E-state index >= 15 is 0 Å². The number of hydrogen-bond acceptors (Lipinski definition) is 4. The van der Waals surface area contributed by atoms with Gasteiger partial charge in [-0.2, -0.15) is 16.7 Å². The maximum Gasteiger partial charge on any atom is 0.243 e. The van der Waals surface area contributed by atoms with Crippen LogP contribution < -0.4 is 5.32 Å². The Hall–Kier alpha value is -1.23. The van der Waals surface area contributed by atoms with E-state index in [1.807, 2.05) is 16.8 Å². The highest BCUT2D eigenvalue weighted by Crippen LogP contribution is 2.31. The standard InChI is InChI=1S/C14H20N4S/c1-3-19-12-6-4-5-11(12)15-14-16-13-8-7-10(2)9-18(13)17-14/h7-9,11-12H,3-6H2,1-2H3,(H,15,17). The van der Waals surface area contributed by atoms with Gasteiger partial charge in [0.1, 0.15) is 0 Å². The molecule has 0 spiro atoms. The van der Waals surface area contributed by atoms with Crippen molar-refractivity contribution in [3.05, 3.63) is 23.9 Å². The van der Waals surface area contributed by atoms with Crippen molar-refractivity contribution < 1.29 is 0 Å². The highest BCUT2D eigenvalue weighted by atomic mass is 32.2. The second kappa shape index (κ2) is 5.41. The first-order chi connectivity index (χ1) is 9.26. The molecule has 2 unspecified atom stereocenters. The summed E-state index contributed by atoms with van der Waals surface area (Å²) in [5.41, 5.74) is 2.11. The predicted molar refractivity (Wildman–Crippen MR) is 80.9 cm³/mol. The smallest absolute Gasteiger partial charge is 0.243 e. The summed E-state index contributed by atoms with van der Waals surface area (Å²) in [6, 6.07) is 4.60. The highest BCUT2D eigenvalue weighted by molar-refractivity contribution is 7.99. The quantitative estimate of drug-likeness (QED) is 0.931. The van der Waals surface area contributed by atoms with E-state index < -0.39 is 0 Å². The van der Waals surface area contributed by atoms with Gasteiger partial charge in [0.2, 0.25) is 5.95 Å². The Kier molecular flexibility index (Phi) is 3.64. The van der Waals surface area contributed by atoms with Gasteiger partial charge in [-0.1, -0.05) is 19.4 Å². The van der Waals surface area contributed by atoms with Crippen molar-refractivity contribution in [3.63, 3.8) is 0 Å². The highest BCUT2D eigenvalue weighted by Gasteiger charge is 2.27. The van der Waals surface area contributed by atoms with E-state index in [2.05, 4.69) is 47.1 Å². The largest absolute Gasteiger partial charge is 0.349 e. The summed E-state index contributed by atoms with van der Waals surface area (Å²) < 4.78 is 1.86. The average Bonchev–Trinajstić information content (AvgIpc) is 2.97. The molecule has 2 aromatic rings. The van der Waals surface area contributed by atoms with E-state index in [1.54, 1.807) is 0 Å². The molecule has 1 aliphatic carbocycles. The molecule has 1 fully saturated rings. The van der Waals surface area contributed by atoms with E-state index in [4.69, 9.17) is 0 Å². The predicted octanol–water partition coefficient (Wildman–Crippen LogP) is 3.12. The number of aromatic nitrogens is 3. The fraction of sp³-hybridized carbons (Fsp3) is 0.571. The molecule has 19 heavy (non-hydrogen) atoms. The van der Waals surface area contributed by atoms with Crippen molar-refractivity contribution in [3.8, 4) is 0 Å². The minimum absolute atomic E-state index is 0.517.